The molecule has 1 N–H and O–H groups in total. The highest BCUT2D eigenvalue weighted by atomic mass is 16.5. The number of carbonyl (C=O) groups is 2. The van der Waals surface area contributed by atoms with Gasteiger partial charge in [-0.25, -0.2) is 0 Å². The second kappa shape index (κ2) is 9.62. The monoisotopic (exact) mass is 339 g/mol. The van der Waals surface area contributed by atoms with E-state index in [1.165, 1.54) is 5.56 Å². The lowest BCUT2D eigenvalue weighted by atomic mass is 10.1. The maximum absolute atomic E-state index is 12.0. The zero-order valence-corrected chi connectivity index (χ0v) is 14.9. The van der Waals surface area contributed by atoms with Crippen LogP contribution in [0.1, 0.15) is 36.0 Å². The molecular weight excluding hydrogens is 314 g/mol. The Labute approximate surface area is 149 Å². The van der Waals surface area contributed by atoms with Crippen LogP contribution in [0.25, 0.3) is 0 Å². The molecule has 0 radical (unpaired) electrons. The number of carbonyl (C=O) groups excluding carboxylic acids is 2. The van der Waals surface area contributed by atoms with Crippen LogP contribution < -0.4 is 5.32 Å². The summed E-state index contributed by atoms with van der Waals surface area (Å²) >= 11 is 0. The normalized spacial score (nSPS) is 10.3. The van der Waals surface area contributed by atoms with Crippen molar-refractivity contribution in [2.45, 2.75) is 39.5 Å². The first-order chi connectivity index (χ1) is 12.0. The van der Waals surface area contributed by atoms with Crippen LogP contribution >= 0.6 is 0 Å². The minimum atomic E-state index is -0.329. The maximum atomic E-state index is 12.0. The average molecular weight is 339 g/mol. The number of anilines is 1. The molecule has 1 amide bonds. The van der Waals surface area contributed by atoms with E-state index in [0.717, 1.165) is 29.7 Å². The summed E-state index contributed by atoms with van der Waals surface area (Å²) in [7, 11) is 0. The maximum Gasteiger partial charge on any atom is 0.306 e. The van der Waals surface area contributed by atoms with Gasteiger partial charge in [0.1, 0.15) is 0 Å². The second-order valence-corrected chi connectivity index (χ2v) is 6.18. The van der Waals surface area contributed by atoms with E-state index in [4.69, 9.17) is 4.74 Å². The van der Waals surface area contributed by atoms with Crippen molar-refractivity contribution in [3.63, 3.8) is 0 Å². The molecule has 0 heterocycles. The lowest BCUT2D eigenvalue weighted by molar-refractivity contribution is -0.144. The molecule has 2 aromatic rings. The molecule has 25 heavy (non-hydrogen) atoms. The predicted octanol–water partition coefficient (Wildman–Crippen LogP) is 4.20. The molecule has 0 aliphatic heterocycles. The molecule has 132 valence electrons. The zero-order valence-electron chi connectivity index (χ0n) is 14.9. The van der Waals surface area contributed by atoms with Gasteiger partial charge in [-0.1, -0.05) is 42.5 Å². The van der Waals surface area contributed by atoms with Gasteiger partial charge in [-0.2, -0.15) is 0 Å². The highest BCUT2D eigenvalue weighted by Crippen LogP contribution is 2.16. The van der Waals surface area contributed by atoms with Gasteiger partial charge in [0.25, 0.3) is 0 Å². The van der Waals surface area contributed by atoms with E-state index in [-0.39, 0.29) is 24.7 Å². The van der Waals surface area contributed by atoms with E-state index in [2.05, 4.69) is 17.4 Å². The van der Waals surface area contributed by atoms with Gasteiger partial charge in [0.15, 0.2) is 0 Å². The Hall–Kier alpha value is -2.62. The summed E-state index contributed by atoms with van der Waals surface area (Å²) in [5.41, 5.74) is 4.11. The van der Waals surface area contributed by atoms with Gasteiger partial charge < -0.3 is 10.1 Å². The largest absolute Gasteiger partial charge is 0.466 e. The number of hydrogen-bond acceptors (Lipinski definition) is 3. The van der Waals surface area contributed by atoms with Crippen LogP contribution in [0.15, 0.2) is 48.5 Å². The SMILES string of the molecule is Cc1ccc(C)c(NC(=O)CCC(=O)OCCCc2ccccc2)c1. The van der Waals surface area contributed by atoms with Crippen molar-refractivity contribution in [2.24, 2.45) is 0 Å². The lowest BCUT2D eigenvalue weighted by Gasteiger charge is -2.09. The average Bonchev–Trinajstić information content (AvgIpc) is 2.61. The van der Waals surface area contributed by atoms with Gasteiger partial charge in [-0.3, -0.25) is 9.59 Å². The summed E-state index contributed by atoms with van der Waals surface area (Å²) in [6.07, 6.45) is 1.89. The van der Waals surface area contributed by atoms with Gasteiger partial charge >= 0.3 is 5.97 Å². The first-order valence-corrected chi connectivity index (χ1v) is 8.61. The van der Waals surface area contributed by atoms with Gasteiger partial charge in [-0.05, 0) is 49.4 Å². The molecule has 0 unspecified atom stereocenters. The van der Waals surface area contributed by atoms with E-state index >= 15 is 0 Å². The predicted molar refractivity (Wildman–Crippen MR) is 99.5 cm³/mol. The fourth-order valence-electron chi connectivity index (χ4n) is 2.48. The van der Waals surface area contributed by atoms with Crippen molar-refractivity contribution in [3.05, 3.63) is 65.2 Å². The number of rotatable bonds is 8. The Morgan fingerprint density at radius 2 is 1.76 bits per heavy atom. The fourth-order valence-corrected chi connectivity index (χ4v) is 2.48. The van der Waals surface area contributed by atoms with Crippen LogP contribution in [0, 0.1) is 13.8 Å². The second-order valence-electron chi connectivity index (χ2n) is 6.18. The molecule has 0 fully saturated rings. The molecule has 0 aliphatic rings. The highest BCUT2D eigenvalue weighted by molar-refractivity contribution is 5.93. The van der Waals surface area contributed by atoms with E-state index in [1.807, 2.05) is 50.2 Å². The Balaban J connectivity index is 1.64. The minimum Gasteiger partial charge on any atom is -0.466 e. The minimum absolute atomic E-state index is 0.0992. The Morgan fingerprint density at radius 3 is 2.52 bits per heavy atom. The van der Waals surface area contributed by atoms with Crippen LogP contribution in [0.3, 0.4) is 0 Å². The molecule has 4 heteroatoms. The standard InChI is InChI=1S/C21H25NO3/c1-16-10-11-17(2)19(15-16)22-20(23)12-13-21(24)25-14-6-9-18-7-4-3-5-8-18/h3-5,7-8,10-11,15H,6,9,12-14H2,1-2H3,(H,22,23). The molecule has 4 nitrogen and oxygen atoms in total. The number of nitrogens with one attached hydrogen (secondary N) is 1. The summed E-state index contributed by atoms with van der Waals surface area (Å²) in [6.45, 7) is 4.30. The zero-order chi connectivity index (χ0) is 18.1. The molecule has 0 saturated heterocycles. The molecule has 0 atom stereocenters. The molecule has 0 aromatic heterocycles. The topological polar surface area (TPSA) is 55.4 Å². The quantitative estimate of drug-likeness (QED) is 0.579. The first kappa shape index (κ1) is 18.7. The molecule has 0 saturated carbocycles. The summed E-state index contributed by atoms with van der Waals surface area (Å²) < 4.78 is 5.19. The lowest BCUT2D eigenvalue weighted by Crippen LogP contribution is -2.15. The van der Waals surface area contributed by atoms with E-state index < -0.39 is 0 Å². The van der Waals surface area contributed by atoms with Crippen LogP contribution in [0.2, 0.25) is 0 Å². The molecule has 2 rings (SSSR count). The van der Waals surface area contributed by atoms with Gasteiger partial charge in [-0.15, -0.1) is 0 Å². The molecule has 0 spiro atoms. The van der Waals surface area contributed by atoms with Gasteiger partial charge in [0, 0.05) is 12.1 Å². The molecular formula is C21H25NO3. The third kappa shape index (κ3) is 6.79. The van der Waals surface area contributed by atoms with E-state index in [0.29, 0.717) is 6.61 Å². The smallest absolute Gasteiger partial charge is 0.306 e. The summed E-state index contributed by atoms with van der Waals surface area (Å²) in [5, 5.41) is 2.85. The Kier molecular flexibility index (Phi) is 7.20. The van der Waals surface area contributed by atoms with Crippen molar-refractivity contribution in [1.82, 2.24) is 0 Å². The number of amides is 1. The van der Waals surface area contributed by atoms with E-state index in [1.54, 1.807) is 0 Å². The fraction of sp³-hybridized carbons (Fsp3) is 0.333. The summed E-state index contributed by atoms with van der Waals surface area (Å²) in [4.78, 5) is 23.7. The number of aryl methyl sites for hydroxylation is 3. The number of hydrogen-bond donors (Lipinski definition) is 1. The summed E-state index contributed by atoms with van der Waals surface area (Å²) in [5.74, 6) is -0.501. The van der Waals surface area contributed by atoms with Crippen molar-refractivity contribution < 1.29 is 14.3 Å². The summed E-state index contributed by atoms with van der Waals surface area (Å²) in [6, 6.07) is 16.0. The van der Waals surface area contributed by atoms with Gasteiger partial charge in [0.05, 0.1) is 13.0 Å². The molecule has 2 aromatic carbocycles. The number of ether oxygens (including phenoxy) is 1. The van der Waals surface area contributed by atoms with Crippen LogP contribution in [-0.4, -0.2) is 18.5 Å². The van der Waals surface area contributed by atoms with Crippen LogP contribution in [-0.2, 0) is 20.7 Å². The van der Waals surface area contributed by atoms with Crippen molar-refractivity contribution in [2.75, 3.05) is 11.9 Å². The first-order valence-electron chi connectivity index (χ1n) is 8.61. The van der Waals surface area contributed by atoms with Crippen LogP contribution in [0.4, 0.5) is 5.69 Å². The van der Waals surface area contributed by atoms with E-state index in [9.17, 15) is 9.59 Å². The Morgan fingerprint density at radius 1 is 1.00 bits per heavy atom. The third-order valence-electron chi connectivity index (χ3n) is 3.94. The molecule has 0 aliphatic carbocycles. The number of esters is 1. The van der Waals surface area contributed by atoms with Crippen molar-refractivity contribution in [3.8, 4) is 0 Å². The van der Waals surface area contributed by atoms with Crippen LogP contribution in [0.5, 0.6) is 0 Å². The number of benzene rings is 2. The highest BCUT2D eigenvalue weighted by Gasteiger charge is 2.09. The van der Waals surface area contributed by atoms with Gasteiger partial charge in [0.2, 0.25) is 5.91 Å². The van der Waals surface area contributed by atoms with Crippen molar-refractivity contribution >= 4 is 17.6 Å². The third-order valence-corrected chi connectivity index (χ3v) is 3.94. The molecule has 0 bridgehead atoms. The van der Waals surface area contributed by atoms with Crippen molar-refractivity contribution in [1.29, 1.82) is 0 Å². The Bertz CT molecular complexity index is 710.